The minimum Gasteiger partial charge on any atom is -0.396 e. The van der Waals surface area contributed by atoms with Crippen LogP contribution in [-0.2, 0) is 4.84 Å². The zero-order valence-electron chi connectivity index (χ0n) is 19.7. The van der Waals surface area contributed by atoms with E-state index in [0.717, 1.165) is 76.5 Å². The highest BCUT2D eigenvalue weighted by molar-refractivity contribution is 5.93. The second-order valence-corrected chi connectivity index (χ2v) is 11.6. The molecule has 172 valence electrons. The van der Waals surface area contributed by atoms with Gasteiger partial charge in [-0.2, -0.15) is 0 Å². The number of unbranched alkanes of at least 4 members (excludes halogenated alkanes) is 1. The number of hydrogen-bond acceptors (Lipinski definition) is 5. The molecule has 0 aliphatic heterocycles. The van der Waals surface area contributed by atoms with Gasteiger partial charge in [0.25, 0.3) is 0 Å². The van der Waals surface area contributed by atoms with E-state index >= 15 is 0 Å². The van der Waals surface area contributed by atoms with Crippen LogP contribution >= 0.6 is 0 Å². The smallest absolute Gasteiger partial charge is 0.117 e. The molecule has 4 rings (SSSR count). The third kappa shape index (κ3) is 3.63. The summed E-state index contributed by atoms with van der Waals surface area (Å²) >= 11 is 0. The summed E-state index contributed by atoms with van der Waals surface area (Å²) in [6.07, 6.45) is 11.2. The highest BCUT2D eigenvalue weighted by atomic mass is 16.6. The van der Waals surface area contributed by atoms with E-state index in [4.69, 9.17) is 4.84 Å². The fourth-order valence-corrected chi connectivity index (χ4v) is 7.85. The molecule has 2 N–H and O–H groups in total. The predicted octanol–water partition coefficient (Wildman–Crippen LogP) is 4.22. The second-order valence-electron chi connectivity index (χ2n) is 11.6. The topological polar surface area (TPSA) is 65.3 Å². The molecule has 0 saturated heterocycles. The molecule has 0 spiro atoms. The van der Waals surface area contributed by atoms with Crippen LogP contribution in [0.15, 0.2) is 5.16 Å². The van der Waals surface area contributed by atoms with Crippen LogP contribution in [0.3, 0.4) is 0 Å². The van der Waals surface area contributed by atoms with Crippen LogP contribution in [0.5, 0.6) is 0 Å². The minimum atomic E-state index is -0.646. The van der Waals surface area contributed by atoms with E-state index in [1.165, 1.54) is 6.42 Å². The first kappa shape index (κ1) is 22.5. The van der Waals surface area contributed by atoms with Crippen molar-refractivity contribution in [2.45, 2.75) is 96.2 Å². The zero-order valence-corrected chi connectivity index (χ0v) is 19.7. The van der Waals surface area contributed by atoms with Gasteiger partial charge in [0, 0.05) is 5.41 Å². The molecule has 0 aromatic rings. The van der Waals surface area contributed by atoms with Gasteiger partial charge in [0.1, 0.15) is 6.61 Å². The quantitative estimate of drug-likeness (QED) is 0.499. The van der Waals surface area contributed by atoms with Crippen molar-refractivity contribution < 1.29 is 15.1 Å². The SMILES string of the molecule is CN(C)CCCCO/N=C1\CC[C@]2(O)[C@@H]3CC[C@@H]4C[C@@H](O)CC[C@]4(C)[C@H]3CC[C@]12C. The van der Waals surface area contributed by atoms with E-state index in [1.54, 1.807) is 0 Å². The third-order valence-corrected chi connectivity index (χ3v) is 9.83. The lowest BCUT2D eigenvalue weighted by Gasteiger charge is -2.62. The molecule has 4 fully saturated rings. The fraction of sp³-hybridized carbons (Fsp3) is 0.960. The Morgan fingerprint density at radius 1 is 1.03 bits per heavy atom. The molecular weight excluding hydrogens is 376 g/mol. The largest absolute Gasteiger partial charge is 0.396 e. The first-order valence-corrected chi connectivity index (χ1v) is 12.5. The summed E-state index contributed by atoms with van der Waals surface area (Å²) < 4.78 is 0. The van der Waals surface area contributed by atoms with Gasteiger partial charge < -0.3 is 20.0 Å². The Kier molecular flexibility index (Phi) is 6.29. The fourth-order valence-electron chi connectivity index (χ4n) is 7.85. The van der Waals surface area contributed by atoms with Crippen molar-refractivity contribution >= 4 is 5.71 Å². The minimum absolute atomic E-state index is 0.114. The molecule has 4 aliphatic rings. The Bertz CT molecular complexity index is 652. The summed E-state index contributed by atoms with van der Waals surface area (Å²) in [5.74, 6) is 1.56. The molecule has 5 heteroatoms. The van der Waals surface area contributed by atoms with E-state index in [0.29, 0.717) is 24.4 Å². The highest BCUT2D eigenvalue weighted by Crippen LogP contribution is 2.67. The van der Waals surface area contributed by atoms with Gasteiger partial charge in [0.2, 0.25) is 0 Å². The molecule has 0 heterocycles. The van der Waals surface area contributed by atoms with Crippen molar-refractivity contribution in [2.75, 3.05) is 27.2 Å². The van der Waals surface area contributed by atoms with E-state index in [1.807, 2.05) is 0 Å². The lowest BCUT2D eigenvalue weighted by atomic mass is 9.44. The normalized spacial score (nSPS) is 47.1. The number of aliphatic hydroxyl groups excluding tert-OH is 1. The van der Waals surface area contributed by atoms with Gasteiger partial charge >= 0.3 is 0 Å². The van der Waals surface area contributed by atoms with Gasteiger partial charge in [-0.15, -0.1) is 0 Å². The average molecular weight is 421 g/mol. The summed E-state index contributed by atoms with van der Waals surface area (Å²) in [5, 5.41) is 26.9. The predicted molar refractivity (Wildman–Crippen MR) is 120 cm³/mol. The molecule has 0 unspecified atom stereocenters. The number of aliphatic hydroxyl groups is 2. The molecule has 0 aromatic carbocycles. The Labute approximate surface area is 183 Å². The number of hydrogen-bond donors (Lipinski definition) is 2. The van der Waals surface area contributed by atoms with Crippen LogP contribution in [0, 0.1) is 28.6 Å². The summed E-state index contributed by atoms with van der Waals surface area (Å²) in [5.41, 5.74) is 0.493. The molecule has 4 saturated carbocycles. The first-order chi connectivity index (χ1) is 14.2. The maximum atomic E-state index is 12.1. The molecular formula is C25H44N2O3. The van der Waals surface area contributed by atoms with Gasteiger partial charge in [0.15, 0.2) is 0 Å². The van der Waals surface area contributed by atoms with Gasteiger partial charge in [-0.05, 0) is 114 Å². The molecule has 5 nitrogen and oxygen atoms in total. The van der Waals surface area contributed by atoms with Crippen LogP contribution < -0.4 is 0 Å². The molecule has 30 heavy (non-hydrogen) atoms. The summed E-state index contributed by atoms with van der Waals surface area (Å²) in [6, 6.07) is 0. The molecule has 0 bridgehead atoms. The number of nitrogens with zero attached hydrogens (tertiary/aromatic N) is 2. The summed E-state index contributed by atoms with van der Waals surface area (Å²) in [6.45, 7) is 6.47. The van der Waals surface area contributed by atoms with Crippen LogP contribution in [0.4, 0.5) is 0 Å². The molecule has 0 aromatic heterocycles. The average Bonchev–Trinajstić information content (AvgIpc) is 2.96. The molecule has 7 atom stereocenters. The van der Waals surface area contributed by atoms with Crippen LogP contribution in [0.25, 0.3) is 0 Å². The van der Waals surface area contributed by atoms with E-state index < -0.39 is 5.60 Å². The van der Waals surface area contributed by atoms with Crippen LogP contribution in [-0.4, -0.2) is 59.8 Å². The van der Waals surface area contributed by atoms with E-state index in [-0.39, 0.29) is 16.9 Å². The van der Waals surface area contributed by atoms with Crippen molar-refractivity contribution in [1.82, 2.24) is 4.90 Å². The van der Waals surface area contributed by atoms with E-state index in [9.17, 15) is 10.2 Å². The standard InChI is InChI=1S/C25H44N2O3/c1-23-12-9-19(28)17-18(23)7-8-21-20(23)10-13-24(2)22(11-14-25(21,24)29)26-30-16-6-5-15-27(3)4/h18-21,28-29H,5-17H2,1-4H3/b26-22+/t18-,19+,20+,21-,23+,24-,25+/m1/s1. The Hall–Kier alpha value is -0.650. The number of fused-ring (bicyclic) bond motifs is 5. The molecule has 0 amide bonds. The summed E-state index contributed by atoms with van der Waals surface area (Å²) in [7, 11) is 4.20. The second kappa shape index (κ2) is 8.37. The van der Waals surface area contributed by atoms with Crippen molar-refractivity contribution in [1.29, 1.82) is 0 Å². The van der Waals surface area contributed by atoms with Gasteiger partial charge in [-0.25, -0.2) is 0 Å². The van der Waals surface area contributed by atoms with Crippen molar-refractivity contribution in [2.24, 2.45) is 33.7 Å². The highest BCUT2D eigenvalue weighted by Gasteiger charge is 2.66. The van der Waals surface area contributed by atoms with Crippen molar-refractivity contribution in [3.63, 3.8) is 0 Å². The van der Waals surface area contributed by atoms with Crippen LogP contribution in [0.2, 0.25) is 0 Å². The zero-order chi connectivity index (χ0) is 21.6. The Balaban J connectivity index is 1.45. The molecule has 4 aliphatic carbocycles. The number of oxime groups is 1. The van der Waals surface area contributed by atoms with Crippen molar-refractivity contribution in [3.05, 3.63) is 0 Å². The lowest BCUT2D eigenvalue weighted by Crippen LogP contribution is -2.62. The van der Waals surface area contributed by atoms with Gasteiger partial charge in [-0.1, -0.05) is 19.0 Å². The maximum Gasteiger partial charge on any atom is 0.117 e. The maximum absolute atomic E-state index is 12.1. The Morgan fingerprint density at radius 3 is 2.60 bits per heavy atom. The lowest BCUT2D eigenvalue weighted by molar-refractivity contribution is -0.191. The number of rotatable bonds is 6. The van der Waals surface area contributed by atoms with Crippen molar-refractivity contribution in [3.8, 4) is 0 Å². The molecule has 0 radical (unpaired) electrons. The summed E-state index contributed by atoms with van der Waals surface area (Å²) in [4.78, 5) is 7.94. The van der Waals surface area contributed by atoms with Gasteiger partial charge in [-0.3, -0.25) is 0 Å². The Morgan fingerprint density at radius 2 is 1.83 bits per heavy atom. The van der Waals surface area contributed by atoms with Gasteiger partial charge in [0.05, 0.1) is 17.4 Å². The monoisotopic (exact) mass is 420 g/mol. The van der Waals surface area contributed by atoms with E-state index in [2.05, 4.69) is 38.0 Å². The van der Waals surface area contributed by atoms with Crippen LogP contribution in [0.1, 0.15) is 84.5 Å². The third-order valence-electron chi connectivity index (χ3n) is 9.83. The first-order valence-electron chi connectivity index (χ1n) is 12.5.